The van der Waals surface area contributed by atoms with Crippen LogP contribution >= 0.6 is 23.4 Å². The second kappa shape index (κ2) is 12.4. The van der Waals surface area contributed by atoms with E-state index >= 15 is 0 Å². The van der Waals surface area contributed by atoms with Gasteiger partial charge in [-0.2, -0.15) is 5.10 Å². The molecule has 0 spiro atoms. The van der Waals surface area contributed by atoms with Gasteiger partial charge in [0.2, 0.25) is 0 Å². The van der Waals surface area contributed by atoms with Gasteiger partial charge in [-0.15, -0.1) is 10.2 Å². The second-order valence-corrected chi connectivity index (χ2v) is 9.52. The fourth-order valence-corrected chi connectivity index (χ4v) is 4.29. The molecular weight excluding hydrogens is 510 g/mol. The van der Waals surface area contributed by atoms with Crippen LogP contribution in [0.1, 0.15) is 19.4 Å². The monoisotopic (exact) mass is 535 g/mol. The number of nitrogens with zero attached hydrogens (tertiary/aromatic N) is 4. The number of ether oxygens (including phenoxy) is 2. The number of nitrogens with one attached hydrogen (secondary N) is 1. The lowest BCUT2D eigenvalue weighted by atomic mass is 10.2. The first-order chi connectivity index (χ1) is 17.9. The lowest BCUT2D eigenvalue weighted by molar-refractivity contribution is -0.118. The summed E-state index contributed by atoms with van der Waals surface area (Å²) in [6, 6.07) is 22.6. The Balaban J connectivity index is 1.44. The SMILES string of the molecule is COc1cc(C=NNC(=O)CSc2nnc(-c3ccc(Cl)cc3)n2-c2ccccc2)ccc1OC(C)C. The van der Waals surface area contributed by atoms with Crippen LogP contribution in [0.4, 0.5) is 0 Å². The van der Waals surface area contributed by atoms with Gasteiger partial charge in [-0.1, -0.05) is 41.6 Å². The number of amides is 1. The van der Waals surface area contributed by atoms with E-state index in [9.17, 15) is 4.79 Å². The number of hydrazone groups is 1. The zero-order chi connectivity index (χ0) is 26.2. The molecular formula is C27H26ClN5O3S. The molecule has 4 rings (SSSR count). The molecule has 1 amide bonds. The minimum Gasteiger partial charge on any atom is -0.493 e. The summed E-state index contributed by atoms with van der Waals surface area (Å²) in [4.78, 5) is 12.5. The molecule has 0 aliphatic heterocycles. The zero-order valence-electron chi connectivity index (χ0n) is 20.6. The molecule has 8 nitrogen and oxygen atoms in total. The molecule has 0 radical (unpaired) electrons. The van der Waals surface area contributed by atoms with E-state index in [0.29, 0.717) is 27.5 Å². The quantitative estimate of drug-likeness (QED) is 0.161. The molecule has 1 heterocycles. The average molecular weight is 536 g/mol. The number of para-hydroxylation sites is 1. The van der Waals surface area contributed by atoms with Gasteiger partial charge in [0.05, 0.1) is 25.2 Å². The average Bonchev–Trinajstić information content (AvgIpc) is 3.33. The smallest absolute Gasteiger partial charge is 0.250 e. The summed E-state index contributed by atoms with van der Waals surface area (Å²) < 4.78 is 13.0. The molecule has 0 bridgehead atoms. The van der Waals surface area contributed by atoms with Gasteiger partial charge in [0.15, 0.2) is 22.5 Å². The maximum absolute atomic E-state index is 12.5. The predicted octanol–water partition coefficient (Wildman–Crippen LogP) is 5.63. The van der Waals surface area contributed by atoms with Gasteiger partial charge in [-0.05, 0) is 74.0 Å². The highest BCUT2D eigenvalue weighted by atomic mass is 35.5. The highest BCUT2D eigenvalue weighted by Gasteiger charge is 2.17. The van der Waals surface area contributed by atoms with Crippen molar-refractivity contribution in [2.75, 3.05) is 12.9 Å². The summed E-state index contributed by atoms with van der Waals surface area (Å²) in [5.74, 6) is 1.73. The lowest BCUT2D eigenvalue weighted by Gasteiger charge is -2.13. The Morgan fingerprint density at radius 3 is 2.54 bits per heavy atom. The summed E-state index contributed by atoms with van der Waals surface area (Å²) in [7, 11) is 1.58. The Morgan fingerprint density at radius 1 is 1.08 bits per heavy atom. The van der Waals surface area contributed by atoms with E-state index in [1.54, 1.807) is 31.5 Å². The summed E-state index contributed by atoms with van der Waals surface area (Å²) in [6.45, 7) is 3.90. The van der Waals surface area contributed by atoms with Crippen LogP contribution in [0, 0.1) is 0 Å². The Labute approximate surface area is 224 Å². The van der Waals surface area contributed by atoms with E-state index in [2.05, 4.69) is 20.7 Å². The minimum absolute atomic E-state index is 0.0279. The lowest BCUT2D eigenvalue weighted by Crippen LogP contribution is -2.20. The number of benzene rings is 3. The van der Waals surface area contributed by atoms with Crippen molar-refractivity contribution in [2.24, 2.45) is 5.10 Å². The third kappa shape index (κ3) is 6.90. The van der Waals surface area contributed by atoms with Crippen molar-refractivity contribution < 1.29 is 14.3 Å². The van der Waals surface area contributed by atoms with Gasteiger partial charge in [0.25, 0.3) is 5.91 Å². The van der Waals surface area contributed by atoms with Gasteiger partial charge in [-0.3, -0.25) is 9.36 Å². The number of rotatable bonds is 10. The van der Waals surface area contributed by atoms with Crippen LogP contribution in [0.2, 0.25) is 5.02 Å². The summed E-state index contributed by atoms with van der Waals surface area (Å²) in [5.41, 5.74) is 5.07. The molecule has 0 aliphatic carbocycles. The number of carbonyl (C=O) groups is 1. The van der Waals surface area contributed by atoms with Crippen LogP contribution in [0.3, 0.4) is 0 Å². The van der Waals surface area contributed by atoms with Crippen molar-refractivity contribution in [1.82, 2.24) is 20.2 Å². The van der Waals surface area contributed by atoms with E-state index in [-0.39, 0.29) is 17.8 Å². The molecule has 0 unspecified atom stereocenters. The normalized spacial score (nSPS) is 11.2. The molecule has 37 heavy (non-hydrogen) atoms. The third-order valence-corrected chi connectivity index (χ3v) is 6.22. The van der Waals surface area contributed by atoms with Crippen LogP contribution in [-0.2, 0) is 4.79 Å². The van der Waals surface area contributed by atoms with Gasteiger partial charge in [0.1, 0.15) is 0 Å². The number of thioether (sulfide) groups is 1. The van der Waals surface area contributed by atoms with E-state index in [1.165, 1.54) is 11.8 Å². The van der Waals surface area contributed by atoms with E-state index < -0.39 is 0 Å². The molecule has 3 aromatic carbocycles. The van der Waals surface area contributed by atoms with E-state index in [4.69, 9.17) is 21.1 Å². The van der Waals surface area contributed by atoms with Gasteiger partial charge in [-0.25, -0.2) is 5.43 Å². The molecule has 0 atom stereocenters. The first kappa shape index (κ1) is 26.2. The number of aromatic nitrogens is 3. The molecule has 1 aromatic heterocycles. The Hall–Kier alpha value is -3.82. The van der Waals surface area contributed by atoms with Crippen molar-refractivity contribution in [3.8, 4) is 28.6 Å². The standard InChI is InChI=1S/C27H26ClN5O3S/c1-18(2)36-23-14-9-19(15-24(23)35-3)16-29-30-25(34)17-37-27-32-31-26(20-10-12-21(28)13-11-20)33(27)22-7-5-4-6-8-22/h4-16,18H,17H2,1-3H3,(H,30,34). The number of carbonyl (C=O) groups excluding carboxylic acids is 1. The molecule has 0 saturated carbocycles. The van der Waals surface area contributed by atoms with Gasteiger partial charge >= 0.3 is 0 Å². The zero-order valence-corrected chi connectivity index (χ0v) is 22.2. The number of hydrogen-bond acceptors (Lipinski definition) is 7. The van der Waals surface area contributed by atoms with Crippen LogP contribution in [0.5, 0.6) is 11.5 Å². The Kier molecular flexibility index (Phi) is 8.81. The first-order valence-electron chi connectivity index (χ1n) is 11.5. The third-order valence-electron chi connectivity index (χ3n) is 5.04. The fourth-order valence-electron chi connectivity index (χ4n) is 3.42. The Bertz CT molecular complexity index is 1370. The number of methoxy groups -OCH3 is 1. The van der Waals surface area contributed by atoms with Gasteiger partial charge in [0, 0.05) is 16.3 Å². The summed E-state index contributed by atoms with van der Waals surface area (Å²) in [5, 5.41) is 14.0. The van der Waals surface area contributed by atoms with Crippen LogP contribution in [-0.4, -0.2) is 45.9 Å². The topological polar surface area (TPSA) is 90.6 Å². The molecule has 1 N–H and O–H groups in total. The maximum Gasteiger partial charge on any atom is 0.250 e. The van der Waals surface area contributed by atoms with Crippen molar-refractivity contribution in [1.29, 1.82) is 0 Å². The number of halogens is 1. The maximum atomic E-state index is 12.5. The van der Waals surface area contributed by atoms with Crippen molar-refractivity contribution in [2.45, 2.75) is 25.1 Å². The highest BCUT2D eigenvalue weighted by molar-refractivity contribution is 7.99. The molecule has 0 fully saturated rings. The molecule has 10 heteroatoms. The summed E-state index contributed by atoms with van der Waals surface area (Å²) in [6.07, 6.45) is 1.58. The fraction of sp³-hybridized carbons (Fsp3) is 0.185. The second-order valence-electron chi connectivity index (χ2n) is 8.14. The van der Waals surface area contributed by atoms with Gasteiger partial charge < -0.3 is 9.47 Å². The van der Waals surface area contributed by atoms with Crippen LogP contribution < -0.4 is 14.9 Å². The minimum atomic E-state index is -0.274. The molecule has 4 aromatic rings. The molecule has 0 saturated heterocycles. The summed E-state index contributed by atoms with van der Waals surface area (Å²) >= 11 is 7.32. The number of hydrogen-bond donors (Lipinski definition) is 1. The van der Waals surface area contributed by atoms with Crippen molar-refractivity contribution >= 4 is 35.5 Å². The Morgan fingerprint density at radius 2 is 1.84 bits per heavy atom. The van der Waals surface area contributed by atoms with E-state index in [1.807, 2.05) is 73.0 Å². The molecule has 0 aliphatic rings. The van der Waals surface area contributed by atoms with Crippen molar-refractivity contribution in [3.05, 3.63) is 83.4 Å². The van der Waals surface area contributed by atoms with Crippen LogP contribution in [0.25, 0.3) is 17.1 Å². The van der Waals surface area contributed by atoms with Crippen LogP contribution in [0.15, 0.2) is 83.1 Å². The highest BCUT2D eigenvalue weighted by Crippen LogP contribution is 2.29. The predicted molar refractivity (Wildman–Crippen MR) is 147 cm³/mol. The first-order valence-corrected chi connectivity index (χ1v) is 12.9. The largest absolute Gasteiger partial charge is 0.493 e. The molecule has 190 valence electrons. The van der Waals surface area contributed by atoms with Crippen molar-refractivity contribution in [3.63, 3.8) is 0 Å². The van der Waals surface area contributed by atoms with E-state index in [0.717, 1.165) is 16.8 Å².